The average molecular weight is 248 g/mol. The van der Waals surface area contributed by atoms with Crippen LogP contribution in [0.1, 0.15) is 37.8 Å². The van der Waals surface area contributed by atoms with E-state index in [0.717, 1.165) is 32.5 Å². The van der Waals surface area contributed by atoms with Gasteiger partial charge in [-0.15, -0.1) is 0 Å². The summed E-state index contributed by atoms with van der Waals surface area (Å²) in [6.07, 6.45) is 3.22. The molecule has 0 saturated carbocycles. The van der Waals surface area contributed by atoms with Crippen molar-refractivity contribution in [3.05, 3.63) is 29.8 Å². The van der Waals surface area contributed by atoms with Gasteiger partial charge in [-0.05, 0) is 37.0 Å². The van der Waals surface area contributed by atoms with Crippen LogP contribution < -0.4 is 10.6 Å². The molecule has 0 unspecified atom stereocenters. The highest BCUT2D eigenvalue weighted by atomic mass is 16.5. The topological polar surface area (TPSA) is 38.5 Å². The van der Waals surface area contributed by atoms with Gasteiger partial charge in [0.05, 0.1) is 0 Å². The molecule has 0 aromatic heterocycles. The molecule has 1 aliphatic rings. The van der Waals surface area contributed by atoms with Gasteiger partial charge in [0.25, 0.3) is 0 Å². The van der Waals surface area contributed by atoms with Gasteiger partial charge in [0.15, 0.2) is 0 Å². The van der Waals surface area contributed by atoms with Crippen molar-refractivity contribution in [2.75, 3.05) is 25.2 Å². The highest BCUT2D eigenvalue weighted by molar-refractivity contribution is 5.48. The largest absolute Gasteiger partial charge is 0.381 e. The summed E-state index contributed by atoms with van der Waals surface area (Å²) in [4.78, 5) is 2.36. The second-order valence-corrected chi connectivity index (χ2v) is 5.06. The Morgan fingerprint density at radius 3 is 2.44 bits per heavy atom. The minimum absolute atomic E-state index is 0.160. The van der Waals surface area contributed by atoms with Crippen molar-refractivity contribution in [1.82, 2.24) is 0 Å². The van der Waals surface area contributed by atoms with E-state index < -0.39 is 0 Å². The molecule has 1 aromatic rings. The zero-order valence-corrected chi connectivity index (χ0v) is 11.4. The molecule has 0 spiro atoms. The number of hydrogen-bond acceptors (Lipinski definition) is 3. The van der Waals surface area contributed by atoms with Crippen molar-refractivity contribution in [1.29, 1.82) is 0 Å². The normalized spacial score (nSPS) is 18.6. The van der Waals surface area contributed by atoms with E-state index in [1.807, 2.05) is 0 Å². The van der Waals surface area contributed by atoms with Gasteiger partial charge >= 0.3 is 0 Å². The number of hydrogen-bond donors (Lipinski definition) is 1. The third-order valence-electron chi connectivity index (χ3n) is 3.91. The van der Waals surface area contributed by atoms with E-state index in [2.05, 4.69) is 43.1 Å². The molecule has 18 heavy (non-hydrogen) atoms. The highest BCUT2D eigenvalue weighted by Gasteiger charge is 2.18. The van der Waals surface area contributed by atoms with Crippen LogP contribution in [0.2, 0.25) is 0 Å². The van der Waals surface area contributed by atoms with Gasteiger partial charge < -0.3 is 15.4 Å². The van der Waals surface area contributed by atoms with E-state index in [0.29, 0.717) is 6.04 Å². The van der Waals surface area contributed by atoms with Crippen LogP contribution in [0.3, 0.4) is 0 Å². The minimum atomic E-state index is 0.160. The lowest BCUT2D eigenvalue weighted by atomic mass is 10.0. The summed E-state index contributed by atoms with van der Waals surface area (Å²) in [6, 6.07) is 9.43. The number of anilines is 1. The Bertz CT molecular complexity index is 357. The molecule has 0 radical (unpaired) electrons. The molecule has 2 N–H and O–H groups in total. The van der Waals surface area contributed by atoms with E-state index in [1.54, 1.807) is 0 Å². The van der Waals surface area contributed by atoms with E-state index in [-0.39, 0.29) is 6.04 Å². The molecule has 3 nitrogen and oxygen atoms in total. The quantitative estimate of drug-likeness (QED) is 0.890. The van der Waals surface area contributed by atoms with Gasteiger partial charge in [-0.3, -0.25) is 0 Å². The van der Waals surface area contributed by atoms with Crippen LogP contribution in [0.5, 0.6) is 0 Å². The van der Waals surface area contributed by atoms with E-state index in [9.17, 15) is 0 Å². The Morgan fingerprint density at radius 2 is 1.89 bits per heavy atom. The first kappa shape index (κ1) is 13.4. The average Bonchev–Trinajstić information content (AvgIpc) is 2.47. The number of benzene rings is 1. The van der Waals surface area contributed by atoms with Crippen molar-refractivity contribution >= 4 is 5.69 Å². The Labute approximate surface area is 110 Å². The maximum atomic E-state index is 6.03. The Hall–Kier alpha value is -1.06. The predicted octanol–water partition coefficient (Wildman–Crippen LogP) is 2.71. The lowest BCUT2D eigenvalue weighted by Crippen LogP contribution is -2.36. The molecule has 1 aliphatic heterocycles. The highest BCUT2D eigenvalue weighted by Crippen LogP contribution is 2.23. The molecule has 1 saturated heterocycles. The first-order valence-corrected chi connectivity index (χ1v) is 6.88. The van der Waals surface area contributed by atoms with Gasteiger partial charge in [0.1, 0.15) is 0 Å². The molecule has 1 atom stereocenters. The van der Waals surface area contributed by atoms with Crippen LogP contribution in [0.25, 0.3) is 0 Å². The van der Waals surface area contributed by atoms with Crippen LogP contribution >= 0.6 is 0 Å². The summed E-state index contributed by atoms with van der Waals surface area (Å²) in [5.41, 5.74) is 8.53. The molecular weight excluding hydrogens is 224 g/mol. The van der Waals surface area contributed by atoms with Crippen molar-refractivity contribution in [2.24, 2.45) is 5.73 Å². The number of rotatable bonds is 4. The summed E-state index contributed by atoms with van der Waals surface area (Å²) < 4.78 is 5.41. The third-order valence-corrected chi connectivity index (χ3v) is 3.91. The Balaban J connectivity index is 2.03. The summed E-state index contributed by atoms with van der Waals surface area (Å²) >= 11 is 0. The number of ether oxygens (including phenoxy) is 1. The lowest BCUT2D eigenvalue weighted by molar-refractivity contribution is 0.0855. The fourth-order valence-corrected chi connectivity index (χ4v) is 2.48. The maximum absolute atomic E-state index is 6.03. The third kappa shape index (κ3) is 3.03. The Morgan fingerprint density at radius 1 is 1.28 bits per heavy atom. The van der Waals surface area contributed by atoms with Gasteiger partial charge in [0, 0.05) is 38.0 Å². The summed E-state index contributed by atoms with van der Waals surface area (Å²) in [5, 5.41) is 0. The molecule has 100 valence electrons. The zero-order valence-electron chi connectivity index (χ0n) is 11.4. The summed E-state index contributed by atoms with van der Waals surface area (Å²) in [6.45, 7) is 3.88. The standard InChI is InChI=1S/C15H24N2O/c1-3-15(16)12-4-6-13(7-5-12)17(2)14-8-10-18-11-9-14/h4-7,14-15H,3,8-11,16H2,1-2H3/t15-/m1/s1. The molecule has 1 fully saturated rings. The van der Waals surface area contributed by atoms with Crippen molar-refractivity contribution in [2.45, 2.75) is 38.3 Å². The van der Waals surface area contributed by atoms with Crippen LogP contribution in [-0.4, -0.2) is 26.3 Å². The molecule has 1 aromatic carbocycles. The van der Waals surface area contributed by atoms with E-state index in [1.165, 1.54) is 11.3 Å². The predicted molar refractivity (Wildman–Crippen MR) is 75.9 cm³/mol. The second-order valence-electron chi connectivity index (χ2n) is 5.06. The Kier molecular flexibility index (Phi) is 4.61. The lowest BCUT2D eigenvalue weighted by Gasteiger charge is -2.33. The van der Waals surface area contributed by atoms with Crippen molar-refractivity contribution < 1.29 is 4.74 Å². The summed E-state index contributed by atoms with van der Waals surface area (Å²) in [5.74, 6) is 0. The molecule has 0 aliphatic carbocycles. The monoisotopic (exact) mass is 248 g/mol. The van der Waals surface area contributed by atoms with E-state index in [4.69, 9.17) is 10.5 Å². The van der Waals surface area contributed by atoms with Crippen LogP contribution in [0, 0.1) is 0 Å². The fourth-order valence-electron chi connectivity index (χ4n) is 2.48. The van der Waals surface area contributed by atoms with E-state index >= 15 is 0 Å². The number of nitrogens with zero attached hydrogens (tertiary/aromatic N) is 1. The maximum Gasteiger partial charge on any atom is 0.0485 e. The second kappa shape index (κ2) is 6.21. The molecule has 3 heteroatoms. The van der Waals surface area contributed by atoms with Crippen LogP contribution in [0.15, 0.2) is 24.3 Å². The van der Waals surface area contributed by atoms with Gasteiger partial charge in [-0.25, -0.2) is 0 Å². The van der Waals surface area contributed by atoms with Gasteiger partial charge in [-0.1, -0.05) is 19.1 Å². The van der Waals surface area contributed by atoms with Crippen LogP contribution in [0.4, 0.5) is 5.69 Å². The minimum Gasteiger partial charge on any atom is -0.381 e. The smallest absolute Gasteiger partial charge is 0.0485 e. The fraction of sp³-hybridized carbons (Fsp3) is 0.600. The number of nitrogens with two attached hydrogens (primary N) is 1. The first-order valence-electron chi connectivity index (χ1n) is 6.88. The van der Waals surface area contributed by atoms with Gasteiger partial charge in [-0.2, -0.15) is 0 Å². The van der Waals surface area contributed by atoms with Gasteiger partial charge in [0.2, 0.25) is 0 Å². The first-order chi connectivity index (χ1) is 8.72. The zero-order chi connectivity index (χ0) is 13.0. The van der Waals surface area contributed by atoms with Crippen molar-refractivity contribution in [3.63, 3.8) is 0 Å². The van der Waals surface area contributed by atoms with Crippen molar-refractivity contribution in [3.8, 4) is 0 Å². The molecule has 2 rings (SSSR count). The summed E-state index contributed by atoms with van der Waals surface area (Å²) in [7, 11) is 2.17. The SMILES string of the molecule is CC[C@@H](N)c1ccc(N(C)C2CCOCC2)cc1. The van der Waals surface area contributed by atoms with Crippen LogP contribution in [-0.2, 0) is 4.74 Å². The molecule has 0 bridgehead atoms. The molecular formula is C15H24N2O. The molecule has 1 heterocycles. The molecule has 0 amide bonds.